The van der Waals surface area contributed by atoms with Crippen LogP contribution in [-0.2, 0) is 18.3 Å². The summed E-state index contributed by atoms with van der Waals surface area (Å²) >= 11 is 1.70. The molecule has 1 spiro atoms. The second-order valence-corrected chi connectivity index (χ2v) is 9.39. The molecule has 7 heteroatoms. The van der Waals surface area contributed by atoms with Crippen LogP contribution < -0.4 is 0 Å². The molecule has 0 N–H and O–H groups in total. The van der Waals surface area contributed by atoms with Crippen molar-refractivity contribution in [2.45, 2.75) is 44.4 Å². The van der Waals surface area contributed by atoms with Crippen LogP contribution in [0.25, 0.3) is 10.2 Å². The number of rotatable bonds is 4. The lowest BCUT2D eigenvalue weighted by molar-refractivity contribution is -0.130. The first kappa shape index (κ1) is 17.8. The van der Waals surface area contributed by atoms with Gasteiger partial charge in [0, 0.05) is 38.9 Å². The number of hydrogen-bond donors (Lipinski definition) is 0. The highest BCUT2D eigenvalue weighted by Crippen LogP contribution is 2.53. The van der Waals surface area contributed by atoms with Gasteiger partial charge in [0.25, 0.3) is 0 Å². The molecule has 0 radical (unpaired) electrons. The van der Waals surface area contributed by atoms with Crippen LogP contribution in [-0.4, -0.2) is 43.6 Å². The van der Waals surface area contributed by atoms with Crippen molar-refractivity contribution in [1.82, 2.24) is 24.6 Å². The van der Waals surface area contributed by atoms with E-state index >= 15 is 0 Å². The van der Waals surface area contributed by atoms with E-state index in [4.69, 9.17) is 0 Å². The van der Waals surface area contributed by atoms with Crippen LogP contribution in [0, 0.1) is 5.41 Å². The highest BCUT2D eigenvalue weighted by atomic mass is 32.1. The number of amides is 1. The monoisotopic (exact) mass is 395 g/mol. The molecule has 1 saturated carbocycles. The van der Waals surface area contributed by atoms with E-state index in [0.717, 1.165) is 35.9 Å². The molecule has 146 valence electrons. The van der Waals surface area contributed by atoms with Crippen molar-refractivity contribution in [3.8, 4) is 0 Å². The first-order valence-electron chi connectivity index (χ1n) is 10.1. The molecule has 1 aliphatic heterocycles. The standard InChI is InChI=1S/C21H25N5OS/c1-25-14-22-24-20(25)15-12-26(13-21(15)10-4-5-11-21)19(27)9-8-18-23-16-6-2-3-7-17(16)28-18/h2-3,6-7,14-15H,4-5,8-13H2,1H3. The summed E-state index contributed by atoms with van der Waals surface area (Å²) in [5.74, 6) is 1.58. The second-order valence-electron chi connectivity index (χ2n) is 8.27. The molecule has 0 bridgehead atoms. The minimum atomic E-state index is 0.187. The van der Waals surface area contributed by atoms with Crippen LogP contribution in [0.3, 0.4) is 0 Å². The normalized spacial score (nSPS) is 21.2. The van der Waals surface area contributed by atoms with Gasteiger partial charge in [-0.05, 0) is 30.4 Å². The Morgan fingerprint density at radius 3 is 2.86 bits per heavy atom. The summed E-state index contributed by atoms with van der Waals surface area (Å²) in [7, 11) is 2.01. The molecule has 1 saturated heterocycles. The van der Waals surface area contributed by atoms with Gasteiger partial charge < -0.3 is 9.47 Å². The van der Waals surface area contributed by atoms with Gasteiger partial charge in [-0.15, -0.1) is 21.5 Å². The number of fused-ring (bicyclic) bond motifs is 1. The Balaban J connectivity index is 1.30. The largest absolute Gasteiger partial charge is 0.341 e. The number of nitrogens with zero attached hydrogens (tertiary/aromatic N) is 5. The summed E-state index contributed by atoms with van der Waals surface area (Å²) in [5, 5.41) is 9.54. The number of para-hydroxylation sites is 1. The fourth-order valence-corrected chi connectivity index (χ4v) is 6.07. The quantitative estimate of drug-likeness (QED) is 0.678. The molecule has 1 aromatic carbocycles. The topological polar surface area (TPSA) is 63.9 Å². The molecule has 3 aromatic rings. The van der Waals surface area contributed by atoms with Gasteiger partial charge in [-0.1, -0.05) is 25.0 Å². The van der Waals surface area contributed by atoms with E-state index in [1.54, 1.807) is 17.7 Å². The van der Waals surface area contributed by atoms with Gasteiger partial charge >= 0.3 is 0 Å². The van der Waals surface area contributed by atoms with E-state index in [1.165, 1.54) is 30.4 Å². The van der Waals surface area contributed by atoms with E-state index in [9.17, 15) is 4.79 Å². The van der Waals surface area contributed by atoms with E-state index in [1.807, 2.05) is 29.8 Å². The van der Waals surface area contributed by atoms with Crippen molar-refractivity contribution in [1.29, 1.82) is 0 Å². The third-order valence-corrected chi connectivity index (χ3v) is 7.65. The number of hydrogen-bond acceptors (Lipinski definition) is 5. The van der Waals surface area contributed by atoms with Crippen molar-refractivity contribution in [2.24, 2.45) is 12.5 Å². The lowest BCUT2D eigenvalue weighted by Crippen LogP contribution is -2.31. The van der Waals surface area contributed by atoms with Crippen molar-refractivity contribution in [3.05, 3.63) is 41.4 Å². The van der Waals surface area contributed by atoms with E-state index in [-0.39, 0.29) is 11.3 Å². The summed E-state index contributed by atoms with van der Waals surface area (Å²) in [6.45, 7) is 1.63. The van der Waals surface area contributed by atoms with E-state index in [2.05, 4.69) is 26.1 Å². The maximum absolute atomic E-state index is 13.0. The first-order chi connectivity index (χ1) is 13.6. The predicted octanol–water partition coefficient (Wildman–Crippen LogP) is 3.54. The zero-order valence-electron chi connectivity index (χ0n) is 16.2. The van der Waals surface area contributed by atoms with Crippen molar-refractivity contribution >= 4 is 27.5 Å². The molecular formula is C21H25N5OS. The summed E-state index contributed by atoms with van der Waals surface area (Å²) in [6, 6.07) is 8.17. The van der Waals surface area contributed by atoms with Gasteiger partial charge in [0.1, 0.15) is 12.2 Å². The molecule has 2 aromatic heterocycles. The van der Waals surface area contributed by atoms with Crippen LogP contribution in [0.2, 0.25) is 0 Å². The number of aryl methyl sites for hydroxylation is 2. The Bertz CT molecular complexity index is 970. The molecule has 1 amide bonds. The molecule has 28 heavy (non-hydrogen) atoms. The lowest BCUT2D eigenvalue weighted by atomic mass is 9.76. The highest BCUT2D eigenvalue weighted by molar-refractivity contribution is 7.18. The molecule has 1 aliphatic carbocycles. The van der Waals surface area contributed by atoms with Crippen LogP contribution in [0.15, 0.2) is 30.6 Å². The first-order valence-corrected chi connectivity index (χ1v) is 10.9. The van der Waals surface area contributed by atoms with Crippen LogP contribution >= 0.6 is 11.3 Å². The van der Waals surface area contributed by atoms with Crippen LogP contribution in [0.4, 0.5) is 0 Å². The van der Waals surface area contributed by atoms with E-state index in [0.29, 0.717) is 12.3 Å². The van der Waals surface area contributed by atoms with Crippen LogP contribution in [0.5, 0.6) is 0 Å². The average molecular weight is 396 g/mol. The van der Waals surface area contributed by atoms with E-state index < -0.39 is 0 Å². The van der Waals surface area contributed by atoms with Gasteiger partial charge in [0.15, 0.2) is 0 Å². The third-order valence-electron chi connectivity index (χ3n) is 6.55. The number of thiazole rings is 1. The summed E-state index contributed by atoms with van der Waals surface area (Å²) < 4.78 is 3.22. The molecule has 1 atom stereocenters. The second kappa shape index (κ2) is 6.95. The summed E-state index contributed by atoms with van der Waals surface area (Å²) in [4.78, 5) is 19.8. The molecule has 5 rings (SSSR count). The Hall–Kier alpha value is -2.28. The molecule has 1 unspecified atom stereocenters. The minimum Gasteiger partial charge on any atom is -0.341 e. The lowest BCUT2D eigenvalue weighted by Gasteiger charge is -2.28. The van der Waals surface area contributed by atoms with Crippen LogP contribution in [0.1, 0.15) is 48.9 Å². The molecule has 3 heterocycles. The molecule has 2 fully saturated rings. The van der Waals surface area contributed by atoms with Gasteiger partial charge in [-0.2, -0.15) is 0 Å². The number of likely N-dealkylation sites (tertiary alicyclic amines) is 1. The van der Waals surface area contributed by atoms with Gasteiger partial charge in [-0.25, -0.2) is 4.98 Å². The highest BCUT2D eigenvalue weighted by Gasteiger charge is 2.51. The van der Waals surface area contributed by atoms with Crippen molar-refractivity contribution < 1.29 is 4.79 Å². The summed E-state index contributed by atoms with van der Waals surface area (Å²) in [6.07, 6.45) is 7.90. The fourth-order valence-electron chi connectivity index (χ4n) is 5.11. The maximum Gasteiger partial charge on any atom is 0.223 e. The van der Waals surface area contributed by atoms with Crippen molar-refractivity contribution in [3.63, 3.8) is 0 Å². The third kappa shape index (κ3) is 3.02. The number of aromatic nitrogens is 4. The molecular weight excluding hydrogens is 370 g/mol. The fraction of sp³-hybridized carbons (Fsp3) is 0.524. The maximum atomic E-state index is 13.0. The Morgan fingerprint density at radius 1 is 1.29 bits per heavy atom. The number of carbonyl (C=O) groups excluding carboxylic acids is 1. The average Bonchev–Trinajstić information content (AvgIpc) is 3.47. The smallest absolute Gasteiger partial charge is 0.223 e. The zero-order valence-corrected chi connectivity index (χ0v) is 17.0. The Morgan fingerprint density at radius 2 is 2.11 bits per heavy atom. The van der Waals surface area contributed by atoms with Crippen molar-refractivity contribution in [2.75, 3.05) is 13.1 Å². The minimum absolute atomic E-state index is 0.187. The zero-order chi connectivity index (χ0) is 19.1. The van der Waals surface area contributed by atoms with Gasteiger partial charge in [0.2, 0.25) is 5.91 Å². The molecule has 2 aliphatic rings. The number of benzene rings is 1. The Kier molecular flexibility index (Phi) is 4.42. The predicted molar refractivity (Wildman–Crippen MR) is 109 cm³/mol. The SMILES string of the molecule is Cn1cnnc1C1CN(C(=O)CCc2nc3ccccc3s2)CC12CCCC2. The van der Waals surface area contributed by atoms with Gasteiger partial charge in [0.05, 0.1) is 15.2 Å². The summed E-state index contributed by atoms with van der Waals surface area (Å²) in [5.41, 5.74) is 1.22. The van der Waals surface area contributed by atoms with Gasteiger partial charge in [-0.3, -0.25) is 4.79 Å². The molecule has 6 nitrogen and oxygen atoms in total. The number of carbonyl (C=O) groups is 1. The Labute approximate surface area is 168 Å².